The fourth-order valence-electron chi connectivity index (χ4n) is 10.7. The van der Waals surface area contributed by atoms with E-state index in [1.165, 1.54) is 135 Å². The van der Waals surface area contributed by atoms with E-state index >= 15 is 0 Å². The zero-order valence-electron chi connectivity index (χ0n) is 64.1. The van der Waals surface area contributed by atoms with Gasteiger partial charge in [0.05, 0.1) is 34.4 Å². The maximum atomic E-state index is 13.0. The summed E-state index contributed by atoms with van der Waals surface area (Å²) in [4.78, 5) is 37.7. The fourth-order valence-corrected chi connectivity index (χ4v) is 10.7. The Hall–Kier alpha value is -5.61. The first-order chi connectivity index (χ1) is 48.6. The van der Waals surface area contributed by atoms with Crippen molar-refractivity contribution in [1.82, 2.24) is 0 Å². The summed E-state index contributed by atoms with van der Waals surface area (Å²) in [7, 11) is 5.97. The summed E-state index contributed by atoms with van der Waals surface area (Å²) < 4.78 is 23.0. The molecule has 0 saturated heterocycles. The molecule has 0 aliphatic rings. The number of aliphatic carboxylic acids is 1. The Labute approximate surface area is 609 Å². The van der Waals surface area contributed by atoms with Crippen molar-refractivity contribution in [2.75, 3.05) is 47.5 Å². The van der Waals surface area contributed by atoms with E-state index in [4.69, 9.17) is 18.9 Å². The molecule has 2 unspecified atom stereocenters. The van der Waals surface area contributed by atoms with Gasteiger partial charge in [0.2, 0.25) is 0 Å². The number of rotatable bonds is 72. The molecule has 0 fully saturated rings. The molecule has 0 aromatic carbocycles. The normalized spacial score (nSPS) is 13.7. The maximum absolute atomic E-state index is 13.0. The Morgan fingerprint density at radius 3 is 0.808 bits per heavy atom. The van der Waals surface area contributed by atoms with Crippen molar-refractivity contribution < 1.29 is 42.9 Å². The molecule has 1 N–H and O–H groups in total. The number of carbonyl (C=O) groups excluding carboxylic acids is 2. The van der Waals surface area contributed by atoms with Gasteiger partial charge in [-0.2, -0.15) is 0 Å². The SMILES string of the molecule is CC/C=C\C/C=C\C/C=C\C/C=C\C/C=C\C/C=C\C/C=C\C/C=C\CCCCCCCCCCC(=O)OC(COC(=O)CCCCCCCCCCCCCCCCCCCCC/C=C\C/C=C\C/C=C\C/C=C\C/C=C\C/C=C\C/C=C\CC)COC(OCC[N+](C)(C)C)C(=O)O. The maximum Gasteiger partial charge on any atom is 0.361 e. The molecule has 0 aliphatic carbocycles. The quantitative estimate of drug-likeness (QED) is 0.0211. The van der Waals surface area contributed by atoms with Crippen molar-refractivity contribution in [3.63, 3.8) is 0 Å². The second kappa shape index (κ2) is 78.1. The van der Waals surface area contributed by atoms with Gasteiger partial charge in [-0.05, 0) is 135 Å². The lowest BCUT2D eigenvalue weighted by molar-refractivity contribution is -0.870. The highest BCUT2D eigenvalue weighted by molar-refractivity contribution is 5.71. The number of carbonyl (C=O) groups is 3. The molecule has 2 atom stereocenters. The molecule has 0 spiro atoms. The summed E-state index contributed by atoms with van der Waals surface area (Å²) in [5.74, 6) is -2.02. The summed E-state index contributed by atoms with van der Waals surface area (Å²) in [5, 5.41) is 9.78. The van der Waals surface area contributed by atoms with Gasteiger partial charge in [-0.25, -0.2) is 4.79 Å². The lowest BCUT2D eigenvalue weighted by Gasteiger charge is -2.25. The molecular weight excluding hydrogens is 1220 g/mol. The van der Waals surface area contributed by atoms with Gasteiger partial charge in [0.15, 0.2) is 6.10 Å². The molecule has 0 aromatic heterocycles. The zero-order valence-corrected chi connectivity index (χ0v) is 64.1. The molecule has 0 aliphatic heterocycles. The first-order valence-corrected chi connectivity index (χ1v) is 39.9. The van der Waals surface area contributed by atoms with Gasteiger partial charge in [0, 0.05) is 12.8 Å². The summed E-state index contributed by atoms with van der Waals surface area (Å²) >= 11 is 0. The number of likely N-dealkylation sites (N-methyl/N-ethyl adjacent to an activating group) is 1. The molecule has 0 amide bonds. The Bertz CT molecular complexity index is 2290. The molecule has 9 nitrogen and oxygen atoms in total. The van der Waals surface area contributed by atoms with Crippen LogP contribution in [0.5, 0.6) is 0 Å². The average Bonchev–Trinajstić information content (AvgIpc) is 1.57. The predicted octanol–water partition coefficient (Wildman–Crippen LogP) is 25.9. The van der Waals surface area contributed by atoms with Crippen molar-refractivity contribution in [3.05, 3.63) is 182 Å². The van der Waals surface area contributed by atoms with Crippen molar-refractivity contribution >= 4 is 17.9 Å². The number of hydrogen-bond acceptors (Lipinski definition) is 7. The lowest BCUT2D eigenvalue weighted by Crippen LogP contribution is -2.40. The smallest absolute Gasteiger partial charge is 0.361 e. The summed E-state index contributed by atoms with van der Waals surface area (Å²) in [6, 6.07) is 0. The highest BCUT2D eigenvalue weighted by atomic mass is 16.7. The minimum atomic E-state index is -1.52. The number of esters is 2. The second-order valence-electron chi connectivity index (χ2n) is 27.3. The molecular formula is C90H148NO8+. The topological polar surface area (TPSA) is 108 Å². The van der Waals surface area contributed by atoms with Gasteiger partial charge >= 0.3 is 17.9 Å². The van der Waals surface area contributed by atoms with Crippen LogP contribution in [0.4, 0.5) is 0 Å². The van der Waals surface area contributed by atoms with E-state index in [-0.39, 0.29) is 32.2 Å². The van der Waals surface area contributed by atoms with Crippen molar-refractivity contribution in [1.29, 1.82) is 0 Å². The number of hydrogen-bond donors (Lipinski definition) is 1. The molecule has 99 heavy (non-hydrogen) atoms. The van der Waals surface area contributed by atoms with E-state index in [9.17, 15) is 19.5 Å². The van der Waals surface area contributed by atoms with Crippen LogP contribution in [0.2, 0.25) is 0 Å². The van der Waals surface area contributed by atoms with E-state index in [2.05, 4.69) is 196 Å². The van der Waals surface area contributed by atoms with E-state index in [1.807, 2.05) is 21.1 Å². The molecule has 0 heterocycles. The van der Waals surface area contributed by atoms with Crippen molar-refractivity contribution in [2.45, 2.75) is 322 Å². The average molecular weight is 1370 g/mol. The van der Waals surface area contributed by atoms with Crippen LogP contribution in [0, 0.1) is 0 Å². The Kier molecular flexibility index (Phi) is 73.7. The van der Waals surface area contributed by atoms with Gasteiger partial charge in [-0.3, -0.25) is 9.59 Å². The van der Waals surface area contributed by atoms with Crippen LogP contribution in [0.3, 0.4) is 0 Å². The van der Waals surface area contributed by atoms with E-state index in [0.29, 0.717) is 23.9 Å². The molecule has 560 valence electrons. The van der Waals surface area contributed by atoms with Crippen LogP contribution >= 0.6 is 0 Å². The first-order valence-electron chi connectivity index (χ1n) is 39.9. The largest absolute Gasteiger partial charge is 0.477 e. The molecule has 9 heteroatoms. The van der Waals surface area contributed by atoms with Crippen LogP contribution in [-0.2, 0) is 33.3 Å². The molecule has 0 rings (SSSR count). The summed E-state index contributed by atoms with van der Waals surface area (Å²) in [6.45, 7) is 4.64. The van der Waals surface area contributed by atoms with E-state index < -0.39 is 24.3 Å². The first kappa shape index (κ1) is 93.4. The zero-order chi connectivity index (χ0) is 71.8. The number of unbranched alkanes of at least 4 members (excludes halogenated alkanes) is 27. The Balaban J connectivity index is 4.08. The highest BCUT2D eigenvalue weighted by Crippen LogP contribution is 2.17. The van der Waals surface area contributed by atoms with Crippen LogP contribution in [0.1, 0.15) is 309 Å². The van der Waals surface area contributed by atoms with Crippen LogP contribution in [0.25, 0.3) is 0 Å². The van der Waals surface area contributed by atoms with E-state index in [1.54, 1.807) is 0 Å². The molecule has 0 radical (unpaired) electrons. The Morgan fingerprint density at radius 2 is 0.545 bits per heavy atom. The lowest BCUT2D eigenvalue weighted by atomic mass is 10.0. The summed E-state index contributed by atoms with van der Waals surface area (Å²) in [6.07, 6.45) is 116. The van der Waals surface area contributed by atoms with E-state index in [0.717, 1.165) is 141 Å². The number of nitrogens with zero attached hydrogens (tertiary/aromatic N) is 1. The summed E-state index contributed by atoms with van der Waals surface area (Å²) in [5.41, 5.74) is 0. The number of ether oxygens (including phenoxy) is 4. The number of carboxylic acid groups (broad SMARTS) is 1. The molecule has 0 aromatic rings. The monoisotopic (exact) mass is 1370 g/mol. The standard InChI is InChI=1S/C90H147NO8/c1-6-8-10-12-14-16-18-20-22-24-26-28-30-32-34-36-38-40-41-42-43-44-45-46-47-49-50-52-54-56-58-60-62-64-66-68-70-72-74-76-78-80-87(92)97-84-86(85-98-90(89(94)95)96-83-82-91(3,4)5)99-88(93)81-79-77-75-73-71-69-67-65-63-61-59-57-55-53-51-48-39-37-35-33-31-29-27-25-23-21-19-17-15-13-11-9-7-2/h8-11,14-17,20-23,26-29,32-35,38-40,42-43,48,53,55,59,61,86,90H,6-7,12-13,18-19,24-25,30-31,36-37,41,44-47,49-52,54,56-58,60,62-85H2,1-5H3/p+1/b10-8-,11-9-,16-14-,17-15-,22-20-,23-21-,28-26-,29-27-,34-32-,35-33-,40-38-,43-42-,48-39-,55-53-,61-59-. The highest BCUT2D eigenvalue weighted by Gasteiger charge is 2.25. The number of quaternary nitrogens is 1. The van der Waals surface area contributed by atoms with Gasteiger partial charge in [-0.15, -0.1) is 0 Å². The van der Waals surface area contributed by atoms with Crippen molar-refractivity contribution in [2.24, 2.45) is 0 Å². The van der Waals surface area contributed by atoms with Gasteiger partial charge in [0.25, 0.3) is 6.29 Å². The Morgan fingerprint density at radius 1 is 0.303 bits per heavy atom. The third-order valence-electron chi connectivity index (χ3n) is 16.7. The van der Waals surface area contributed by atoms with Crippen LogP contribution in [0.15, 0.2) is 182 Å². The second-order valence-corrected chi connectivity index (χ2v) is 27.3. The van der Waals surface area contributed by atoms with Gasteiger partial charge < -0.3 is 28.5 Å². The number of carboxylic acids is 1. The third-order valence-corrected chi connectivity index (χ3v) is 16.7. The minimum absolute atomic E-state index is 0.179. The van der Waals surface area contributed by atoms with Crippen LogP contribution < -0.4 is 0 Å². The van der Waals surface area contributed by atoms with Gasteiger partial charge in [0.1, 0.15) is 13.2 Å². The van der Waals surface area contributed by atoms with Crippen LogP contribution in [-0.4, -0.2) is 87.4 Å². The van der Waals surface area contributed by atoms with Gasteiger partial charge in [-0.1, -0.05) is 344 Å². The molecule has 0 saturated carbocycles. The van der Waals surface area contributed by atoms with Crippen molar-refractivity contribution in [3.8, 4) is 0 Å². The molecule has 0 bridgehead atoms. The minimum Gasteiger partial charge on any atom is -0.477 e. The fraction of sp³-hybridized carbons (Fsp3) is 0.633. The predicted molar refractivity (Wildman–Crippen MR) is 428 cm³/mol. The number of allylic oxidation sites excluding steroid dienone is 30. The third kappa shape index (κ3) is 79.6.